The van der Waals surface area contributed by atoms with E-state index in [1.165, 1.54) is 7.05 Å². The second kappa shape index (κ2) is 6.13. The first kappa shape index (κ1) is 15.3. The Labute approximate surface area is 122 Å². The van der Waals surface area contributed by atoms with E-state index in [4.69, 9.17) is 5.73 Å². The van der Waals surface area contributed by atoms with E-state index in [0.717, 1.165) is 17.4 Å². The number of nitrogens with one attached hydrogen (secondary N) is 1. The van der Waals surface area contributed by atoms with Gasteiger partial charge in [0.05, 0.1) is 0 Å². The van der Waals surface area contributed by atoms with E-state index in [2.05, 4.69) is 10.3 Å². The molecule has 0 atom stereocenters. The van der Waals surface area contributed by atoms with E-state index in [9.17, 15) is 9.59 Å². The fourth-order valence-corrected chi connectivity index (χ4v) is 2.31. The first-order valence-electron chi connectivity index (χ1n) is 7.13. The maximum absolute atomic E-state index is 12.3. The zero-order valence-corrected chi connectivity index (χ0v) is 12.7. The Morgan fingerprint density at radius 3 is 2.57 bits per heavy atom. The molecule has 0 radical (unpaired) electrons. The molecule has 0 unspecified atom stereocenters. The van der Waals surface area contributed by atoms with Crippen LogP contribution in [0.15, 0.2) is 9.59 Å². The first-order valence-corrected chi connectivity index (χ1v) is 7.13. The molecule has 2 aromatic heterocycles. The number of nitrogens with zero attached hydrogens (tertiary/aromatic N) is 4. The van der Waals surface area contributed by atoms with Gasteiger partial charge in [-0.2, -0.15) is 4.98 Å². The third-order valence-corrected chi connectivity index (χ3v) is 3.47. The largest absolute Gasteiger partial charge is 0.356 e. The van der Waals surface area contributed by atoms with Crippen LogP contribution in [-0.2, 0) is 20.6 Å². The van der Waals surface area contributed by atoms with Crippen molar-refractivity contribution in [1.82, 2.24) is 18.7 Å². The van der Waals surface area contributed by atoms with Crippen molar-refractivity contribution in [2.45, 2.75) is 26.3 Å². The van der Waals surface area contributed by atoms with Crippen LogP contribution in [0.4, 0.5) is 5.95 Å². The summed E-state index contributed by atoms with van der Waals surface area (Å²) in [7, 11) is 3.26. The van der Waals surface area contributed by atoms with Gasteiger partial charge in [-0.05, 0) is 19.4 Å². The number of nitrogens with two attached hydrogens (primary N) is 1. The highest BCUT2D eigenvalue weighted by molar-refractivity contribution is 5.74. The summed E-state index contributed by atoms with van der Waals surface area (Å²) in [6, 6.07) is 0. The van der Waals surface area contributed by atoms with Crippen molar-refractivity contribution >= 4 is 17.1 Å². The Balaban J connectivity index is 2.66. The summed E-state index contributed by atoms with van der Waals surface area (Å²) in [5.74, 6) is 0.575. The lowest BCUT2D eigenvalue weighted by Crippen LogP contribution is -2.38. The highest BCUT2D eigenvalue weighted by atomic mass is 16.2. The van der Waals surface area contributed by atoms with Crippen LogP contribution in [0.25, 0.3) is 11.2 Å². The predicted octanol–water partition coefficient (Wildman–Crippen LogP) is -0.396. The Morgan fingerprint density at radius 2 is 1.95 bits per heavy atom. The fourth-order valence-electron chi connectivity index (χ4n) is 2.31. The van der Waals surface area contributed by atoms with Crippen LogP contribution in [0.1, 0.15) is 19.8 Å². The van der Waals surface area contributed by atoms with Gasteiger partial charge in [-0.25, -0.2) is 4.79 Å². The molecule has 21 heavy (non-hydrogen) atoms. The minimum absolute atomic E-state index is 0.329. The fraction of sp³-hybridized carbons (Fsp3) is 0.615. The average Bonchev–Trinajstić information content (AvgIpc) is 2.79. The molecule has 0 saturated carbocycles. The van der Waals surface area contributed by atoms with Crippen LogP contribution in [0, 0.1) is 0 Å². The molecule has 0 aliphatic carbocycles. The highest BCUT2D eigenvalue weighted by Crippen LogP contribution is 2.14. The minimum atomic E-state index is -0.332. The molecule has 2 rings (SSSR count). The number of aryl methyl sites for hydroxylation is 2. The van der Waals surface area contributed by atoms with Gasteiger partial charge in [-0.3, -0.25) is 13.9 Å². The van der Waals surface area contributed by atoms with Gasteiger partial charge in [0.15, 0.2) is 11.2 Å². The van der Waals surface area contributed by atoms with Gasteiger partial charge in [0.1, 0.15) is 0 Å². The molecule has 0 saturated heterocycles. The topological polar surface area (TPSA) is 99.9 Å². The first-order chi connectivity index (χ1) is 10.0. The summed E-state index contributed by atoms with van der Waals surface area (Å²) in [5.41, 5.74) is 5.67. The molecule has 0 amide bonds. The molecule has 0 aliphatic rings. The summed E-state index contributed by atoms with van der Waals surface area (Å²) in [6.45, 7) is 3.76. The summed E-state index contributed by atoms with van der Waals surface area (Å²) in [6.07, 6.45) is 1.60. The van der Waals surface area contributed by atoms with Crippen molar-refractivity contribution in [2.75, 3.05) is 18.4 Å². The van der Waals surface area contributed by atoms with E-state index >= 15 is 0 Å². The number of hydrogen-bond donors (Lipinski definition) is 2. The second-order valence-electron chi connectivity index (χ2n) is 5.03. The number of fused-ring (bicyclic) bond motifs is 1. The molecule has 8 heteroatoms. The standard InChI is InChI=1S/C13H22N6O2/c1-4-8-19-10-9(11(20)18(3)13(19)21)17(2)12(16-10)15-7-5-6-14/h4-8,14H2,1-3H3,(H,15,16). The molecular weight excluding hydrogens is 272 g/mol. The van der Waals surface area contributed by atoms with Gasteiger partial charge in [0.2, 0.25) is 5.95 Å². The van der Waals surface area contributed by atoms with Crippen LogP contribution < -0.4 is 22.3 Å². The lowest BCUT2D eigenvalue weighted by Gasteiger charge is -2.07. The van der Waals surface area contributed by atoms with Crippen LogP contribution in [0.3, 0.4) is 0 Å². The van der Waals surface area contributed by atoms with Crippen molar-refractivity contribution in [1.29, 1.82) is 0 Å². The number of hydrogen-bond acceptors (Lipinski definition) is 5. The van der Waals surface area contributed by atoms with Crippen molar-refractivity contribution in [3.63, 3.8) is 0 Å². The van der Waals surface area contributed by atoms with Crippen LogP contribution >= 0.6 is 0 Å². The van der Waals surface area contributed by atoms with Gasteiger partial charge in [0.25, 0.3) is 5.56 Å². The van der Waals surface area contributed by atoms with Crippen LogP contribution in [0.5, 0.6) is 0 Å². The third kappa shape index (κ3) is 2.58. The Kier molecular flexibility index (Phi) is 4.46. The number of aromatic nitrogens is 4. The maximum Gasteiger partial charge on any atom is 0.332 e. The quantitative estimate of drug-likeness (QED) is 0.706. The maximum atomic E-state index is 12.3. The van der Waals surface area contributed by atoms with Crippen molar-refractivity contribution in [2.24, 2.45) is 19.8 Å². The normalized spacial score (nSPS) is 11.2. The monoisotopic (exact) mass is 294 g/mol. The smallest absolute Gasteiger partial charge is 0.332 e. The molecule has 0 aliphatic heterocycles. The van der Waals surface area contributed by atoms with Gasteiger partial charge in [0, 0.05) is 27.2 Å². The van der Waals surface area contributed by atoms with Crippen LogP contribution in [0.2, 0.25) is 0 Å². The highest BCUT2D eigenvalue weighted by Gasteiger charge is 2.17. The molecule has 116 valence electrons. The molecule has 2 heterocycles. The number of imidazole rings is 1. The predicted molar refractivity (Wildman–Crippen MR) is 82.7 cm³/mol. The van der Waals surface area contributed by atoms with Gasteiger partial charge in [-0.15, -0.1) is 0 Å². The van der Waals surface area contributed by atoms with Gasteiger partial charge >= 0.3 is 5.69 Å². The zero-order chi connectivity index (χ0) is 15.6. The molecule has 0 aromatic carbocycles. The number of anilines is 1. The Bertz CT molecular complexity index is 755. The Morgan fingerprint density at radius 1 is 1.24 bits per heavy atom. The van der Waals surface area contributed by atoms with Crippen molar-refractivity contribution in [3.05, 3.63) is 20.8 Å². The summed E-state index contributed by atoms with van der Waals surface area (Å²) in [4.78, 5) is 29.0. The molecule has 2 aromatic rings. The van der Waals surface area contributed by atoms with E-state index in [0.29, 0.717) is 36.7 Å². The molecule has 3 N–H and O–H groups in total. The molecular formula is C13H22N6O2. The molecule has 0 spiro atoms. The summed E-state index contributed by atoms with van der Waals surface area (Å²) < 4.78 is 4.37. The lowest BCUT2D eigenvalue weighted by molar-refractivity contribution is 0.610. The summed E-state index contributed by atoms with van der Waals surface area (Å²) in [5, 5.41) is 3.15. The SMILES string of the molecule is CCCn1c(=O)n(C)c(=O)c2c1nc(NCCCN)n2C. The van der Waals surface area contributed by atoms with E-state index in [1.807, 2.05) is 6.92 Å². The average molecular weight is 294 g/mol. The third-order valence-electron chi connectivity index (χ3n) is 3.47. The molecule has 8 nitrogen and oxygen atoms in total. The van der Waals surface area contributed by atoms with Gasteiger partial charge < -0.3 is 15.6 Å². The van der Waals surface area contributed by atoms with Crippen molar-refractivity contribution < 1.29 is 0 Å². The van der Waals surface area contributed by atoms with E-state index in [-0.39, 0.29) is 11.2 Å². The van der Waals surface area contributed by atoms with E-state index in [1.54, 1.807) is 16.2 Å². The van der Waals surface area contributed by atoms with E-state index < -0.39 is 0 Å². The van der Waals surface area contributed by atoms with Crippen molar-refractivity contribution in [3.8, 4) is 0 Å². The lowest BCUT2D eigenvalue weighted by atomic mass is 10.4. The Hall–Kier alpha value is -2.09. The van der Waals surface area contributed by atoms with Gasteiger partial charge in [-0.1, -0.05) is 6.92 Å². The zero-order valence-electron chi connectivity index (χ0n) is 12.7. The summed E-state index contributed by atoms with van der Waals surface area (Å²) >= 11 is 0. The number of rotatable bonds is 6. The van der Waals surface area contributed by atoms with Crippen LogP contribution in [-0.4, -0.2) is 31.8 Å². The second-order valence-corrected chi connectivity index (χ2v) is 5.03. The molecule has 0 bridgehead atoms. The minimum Gasteiger partial charge on any atom is -0.356 e. The molecule has 0 fully saturated rings.